The van der Waals surface area contributed by atoms with Gasteiger partial charge in [-0.3, -0.25) is 14.2 Å². The molecule has 0 atom stereocenters. The minimum absolute atomic E-state index is 0.0619. The summed E-state index contributed by atoms with van der Waals surface area (Å²) in [5, 5.41) is 2.37. The van der Waals surface area contributed by atoms with Crippen molar-refractivity contribution in [1.29, 1.82) is 0 Å². The van der Waals surface area contributed by atoms with Crippen LogP contribution in [0.3, 0.4) is 0 Å². The lowest BCUT2D eigenvalue weighted by Gasteiger charge is -2.15. The number of alkyl halides is 3. The molecule has 1 aliphatic heterocycles. The van der Waals surface area contributed by atoms with Crippen molar-refractivity contribution in [2.24, 2.45) is 0 Å². The summed E-state index contributed by atoms with van der Waals surface area (Å²) in [4.78, 5) is 39.7. The van der Waals surface area contributed by atoms with E-state index in [1.807, 2.05) is 4.90 Å². The average Bonchev–Trinajstić information content (AvgIpc) is 3.25. The number of carbonyl (C=O) groups excluding carboxylic acids is 1. The molecule has 1 N–H and O–H groups in total. The summed E-state index contributed by atoms with van der Waals surface area (Å²) >= 11 is 5.89. The van der Waals surface area contributed by atoms with Crippen molar-refractivity contribution in [2.75, 3.05) is 23.3 Å². The molecule has 0 spiro atoms. The number of carbonyl (C=O) groups is 1. The summed E-state index contributed by atoms with van der Waals surface area (Å²) < 4.78 is 39.7. The first kappa shape index (κ1) is 21.0. The summed E-state index contributed by atoms with van der Waals surface area (Å²) in [6.07, 6.45) is 0.0300. The number of anilines is 2. The third-order valence-electron chi connectivity index (χ3n) is 4.84. The molecule has 0 radical (unpaired) electrons. The van der Waals surface area contributed by atoms with Gasteiger partial charge in [-0.1, -0.05) is 11.6 Å². The van der Waals surface area contributed by atoms with Gasteiger partial charge >= 0.3 is 6.18 Å². The normalized spacial score (nSPS) is 14.3. The van der Waals surface area contributed by atoms with Crippen LogP contribution in [-0.4, -0.2) is 38.5 Å². The summed E-state index contributed by atoms with van der Waals surface area (Å²) in [5.74, 6) is -0.245. The van der Waals surface area contributed by atoms with Gasteiger partial charge in [0, 0.05) is 19.3 Å². The molecule has 4 rings (SSSR count). The van der Waals surface area contributed by atoms with Gasteiger partial charge in [-0.2, -0.15) is 18.2 Å². The first-order valence-corrected chi connectivity index (χ1v) is 9.74. The molecule has 0 bridgehead atoms. The maximum atomic E-state index is 12.9. The minimum atomic E-state index is -4.59. The predicted octanol–water partition coefficient (Wildman–Crippen LogP) is 3.10. The van der Waals surface area contributed by atoms with Crippen molar-refractivity contribution in [1.82, 2.24) is 19.5 Å². The minimum Gasteiger partial charge on any atom is -0.341 e. The molecule has 2 aromatic heterocycles. The molecule has 0 aliphatic carbocycles. The highest BCUT2D eigenvalue weighted by molar-refractivity contribution is 6.33. The van der Waals surface area contributed by atoms with E-state index in [-0.39, 0.29) is 21.7 Å². The van der Waals surface area contributed by atoms with E-state index in [9.17, 15) is 22.8 Å². The van der Waals surface area contributed by atoms with Crippen molar-refractivity contribution in [3.8, 4) is 0 Å². The molecule has 1 aromatic carbocycles. The molecule has 3 heterocycles. The fourth-order valence-corrected chi connectivity index (χ4v) is 3.43. The Labute approximate surface area is 178 Å². The Morgan fingerprint density at radius 3 is 2.65 bits per heavy atom. The van der Waals surface area contributed by atoms with Crippen molar-refractivity contribution in [2.45, 2.75) is 25.6 Å². The Morgan fingerprint density at radius 2 is 1.94 bits per heavy atom. The van der Waals surface area contributed by atoms with Crippen LogP contribution in [-0.2, 0) is 17.5 Å². The molecule has 1 fully saturated rings. The standard InChI is InChI=1S/C19H16ClF3N6O2/c20-13-4-3-11(19(21,22)23)7-14(13)26-15(30)9-29-10-25-16-12(17(29)31)8-24-18(27-16)28-5-1-2-6-28/h3-4,7-8,10H,1-2,5-6,9H2,(H,26,30). The maximum Gasteiger partial charge on any atom is 0.416 e. The number of rotatable bonds is 4. The zero-order valence-corrected chi connectivity index (χ0v) is 16.7. The Bertz CT molecular complexity index is 1210. The van der Waals surface area contributed by atoms with Gasteiger partial charge in [0.05, 0.1) is 16.3 Å². The Balaban J connectivity index is 1.54. The molecule has 162 valence electrons. The molecule has 1 saturated heterocycles. The van der Waals surface area contributed by atoms with Crippen LogP contribution in [0.4, 0.5) is 24.8 Å². The number of aromatic nitrogens is 4. The maximum absolute atomic E-state index is 12.9. The molecule has 8 nitrogen and oxygen atoms in total. The lowest BCUT2D eigenvalue weighted by Crippen LogP contribution is -2.28. The van der Waals surface area contributed by atoms with Crippen LogP contribution >= 0.6 is 11.6 Å². The second-order valence-corrected chi connectivity index (χ2v) is 7.43. The van der Waals surface area contributed by atoms with Gasteiger partial charge in [0.2, 0.25) is 11.9 Å². The van der Waals surface area contributed by atoms with Gasteiger partial charge in [0.1, 0.15) is 18.3 Å². The second kappa shape index (κ2) is 8.14. The van der Waals surface area contributed by atoms with Gasteiger partial charge in [-0.05, 0) is 31.0 Å². The topological polar surface area (TPSA) is 93.0 Å². The lowest BCUT2D eigenvalue weighted by molar-refractivity contribution is -0.137. The van der Waals surface area contributed by atoms with E-state index >= 15 is 0 Å². The Kier molecular flexibility index (Phi) is 5.52. The van der Waals surface area contributed by atoms with Crippen LogP contribution in [0.2, 0.25) is 5.02 Å². The Hall–Kier alpha value is -3.21. The van der Waals surface area contributed by atoms with Crippen molar-refractivity contribution < 1.29 is 18.0 Å². The van der Waals surface area contributed by atoms with E-state index in [0.29, 0.717) is 5.95 Å². The number of fused-ring (bicyclic) bond motifs is 1. The number of hydrogen-bond donors (Lipinski definition) is 1. The van der Waals surface area contributed by atoms with Crippen molar-refractivity contribution in [3.63, 3.8) is 0 Å². The summed E-state index contributed by atoms with van der Waals surface area (Å²) in [7, 11) is 0. The fourth-order valence-electron chi connectivity index (χ4n) is 3.27. The van der Waals surface area contributed by atoms with Crippen LogP contribution in [0.5, 0.6) is 0 Å². The van der Waals surface area contributed by atoms with E-state index in [1.165, 1.54) is 12.5 Å². The molecule has 3 aromatic rings. The zero-order valence-electron chi connectivity index (χ0n) is 16.0. The number of hydrogen-bond acceptors (Lipinski definition) is 6. The third-order valence-corrected chi connectivity index (χ3v) is 5.17. The molecular weight excluding hydrogens is 437 g/mol. The van der Waals surface area contributed by atoms with Crippen LogP contribution < -0.4 is 15.8 Å². The quantitative estimate of drug-likeness (QED) is 0.654. The van der Waals surface area contributed by atoms with E-state index in [1.54, 1.807) is 0 Å². The number of halogens is 4. The summed E-state index contributed by atoms with van der Waals surface area (Å²) in [6.45, 7) is 1.20. The highest BCUT2D eigenvalue weighted by Crippen LogP contribution is 2.33. The SMILES string of the molecule is O=C(Cn1cnc2nc(N3CCCC3)ncc2c1=O)Nc1cc(C(F)(F)F)ccc1Cl. The largest absolute Gasteiger partial charge is 0.416 e. The van der Waals surface area contributed by atoms with Gasteiger partial charge in [0.25, 0.3) is 5.56 Å². The Morgan fingerprint density at radius 1 is 1.19 bits per heavy atom. The summed E-state index contributed by atoms with van der Waals surface area (Å²) in [6, 6.07) is 2.58. The number of benzene rings is 1. The molecule has 1 aliphatic rings. The smallest absolute Gasteiger partial charge is 0.341 e. The van der Waals surface area contributed by atoms with Crippen molar-refractivity contribution >= 4 is 40.2 Å². The molecular formula is C19H16ClF3N6O2. The van der Waals surface area contributed by atoms with Crippen molar-refractivity contribution in [3.05, 3.63) is 51.7 Å². The molecule has 31 heavy (non-hydrogen) atoms. The predicted molar refractivity (Wildman–Crippen MR) is 108 cm³/mol. The number of nitrogens with one attached hydrogen (secondary N) is 1. The van der Waals surface area contributed by atoms with Crippen LogP contribution in [0, 0.1) is 0 Å². The molecule has 1 amide bonds. The van der Waals surface area contributed by atoms with Crippen LogP contribution in [0.15, 0.2) is 35.5 Å². The van der Waals surface area contributed by atoms with Crippen LogP contribution in [0.1, 0.15) is 18.4 Å². The first-order chi connectivity index (χ1) is 14.7. The third kappa shape index (κ3) is 4.46. The van der Waals surface area contributed by atoms with Crippen LogP contribution in [0.25, 0.3) is 11.0 Å². The molecule has 0 saturated carbocycles. The van der Waals surface area contributed by atoms with E-state index in [4.69, 9.17) is 11.6 Å². The highest BCUT2D eigenvalue weighted by Gasteiger charge is 2.31. The first-order valence-electron chi connectivity index (χ1n) is 9.36. The molecule has 0 unspecified atom stereocenters. The highest BCUT2D eigenvalue weighted by atomic mass is 35.5. The average molecular weight is 453 g/mol. The molecule has 12 heteroatoms. The second-order valence-electron chi connectivity index (χ2n) is 7.02. The van der Waals surface area contributed by atoms with Gasteiger partial charge < -0.3 is 10.2 Å². The van der Waals surface area contributed by atoms with Gasteiger partial charge in [0.15, 0.2) is 5.65 Å². The zero-order chi connectivity index (χ0) is 22.2. The van der Waals surface area contributed by atoms with E-state index in [0.717, 1.165) is 48.7 Å². The monoisotopic (exact) mass is 452 g/mol. The van der Waals surface area contributed by atoms with Gasteiger partial charge in [-0.25, -0.2) is 9.97 Å². The van der Waals surface area contributed by atoms with E-state index in [2.05, 4.69) is 20.3 Å². The fraction of sp³-hybridized carbons (Fsp3) is 0.316. The summed E-state index contributed by atoms with van der Waals surface area (Å²) in [5.41, 5.74) is -1.49. The van der Waals surface area contributed by atoms with E-state index < -0.39 is 29.8 Å². The lowest BCUT2D eigenvalue weighted by atomic mass is 10.2. The number of amides is 1. The number of nitrogens with zero attached hydrogens (tertiary/aromatic N) is 5. The van der Waals surface area contributed by atoms with Gasteiger partial charge in [-0.15, -0.1) is 0 Å².